The van der Waals surface area contributed by atoms with Crippen molar-refractivity contribution in [2.45, 2.75) is 25.7 Å². The van der Waals surface area contributed by atoms with Gasteiger partial charge in [-0.15, -0.1) is 5.10 Å². The fourth-order valence-electron chi connectivity index (χ4n) is 5.35. The van der Waals surface area contributed by atoms with E-state index in [4.69, 9.17) is 9.15 Å². The van der Waals surface area contributed by atoms with Crippen molar-refractivity contribution in [3.8, 4) is 5.75 Å². The molecule has 1 saturated heterocycles. The van der Waals surface area contributed by atoms with E-state index in [1.807, 2.05) is 30.0 Å². The number of halogens is 3. The molecule has 4 heterocycles. The number of furan rings is 1. The maximum Gasteiger partial charge on any atom is 0.416 e. The van der Waals surface area contributed by atoms with Gasteiger partial charge < -0.3 is 19.0 Å². The Morgan fingerprint density at radius 2 is 1.88 bits per heavy atom. The second-order valence-electron chi connectivity index (χ2n) is 9.98. The Balaban J connectivity index is 1.36. The summed E-state index contributed by atoms with van der Waals surface area (Å²) in [5.74, 6) is 1.77. The van der Waals surface area contributed by atoms with Crippen LogP contribution in [0.15, 0.2) is 76.1 Å². The normalized spacial score (nSPS) is 15.3. The molecular formula is C29H28F3N7O3. The van der Waals surface area contributed by atoms with Gasteiger partial charge in [0.25, 0.3) is 5.56 Å². The molecule has 5 aromatic rings. The van der Waals surface area contributed by atoms with Crippen LogP contribution in [0.2, 0.25) is 0 Å². The Kier molecular flexibility index (Phi) is 7.42. The average Bonchev–Trinajstić information content (AvgIpc) is 3.67. The highest BCUT2D eigenvalue weighted by Crippen LogP contribution is 2.33. The predicted molar refractivity (Wildman–Crippen MR) is 148 cm³/mol. The van der Waals surface area contributed by atoms with Crippen molar-refractivity contribution < 1.29 is 22.3 Å². The highest BCUT2D eigenvalue weighted by molar-refractivity contribution is 5.80. The standard InChI is InChI=1S/C29H28F3N7O3/c1-2-41-22-8-9-25-19(15-22)16-24(28(40)33-25)26(27-34-35-36-39(27)18-23-7-4-14-42-23)38-12-10-37(11-13-38)21-6-3-5-20(17-21)29(30,31)32/h3-9,14-17,26H,2,10-13,18H2,1H3,(H,33,40). The summed E-state index contributed by atoms with van der Waals surface area (Å²) in [7, 11) is 0. The Hall–Kier alpha value is -4.65. The van der Waals surface area contributed by atoms with Gasteiger partial charge in [-0.1, -0.05) is 6.07 Å². The van der Waals surface area contributed by atoms with E-state index >= 15 is 0 Å². The summed E-state index contributed by atoms with van der Waals surface area (Å²) >= 11 is 0. The van der Waals surface area contributed by atoms with Crippen molar-refractivity contribution in [2.24, 2.45) is 0 Å². The lowest BCUT2D eigenvalue weighted by molar-refractivity contribution is -0.137. The van der Waals surface area contributed by atoms with Crippen LogP contribution < -0.4 is 15.2 Å². The zero-order chi connectivity index (χ0) is 29.3. The van der Waals surface area contributed by atoms with Gasteiger partial charge in [-0.25, -0.2) is 4.68 Å². The Bertz CT molecular complexity index is 1720. The number of piperazine rings is 1. The van der Waals surface area contributed by atoms with Gasteiger partial charge >= 0.3 is 6.18 Å². The predicted octanol–water partition coefficient (Wildman–Crippen LogP) is 4.49. The molecule has 42 heavy (non-hydrogen) atoms. The Morgan fingerprint density at radius 1 is 1.05 bits per heavy atom. The lowest BCUT2D eigenvalue weighted by Crippen LogP contribution is -2.49. The number of tetrazole rings is 1. The number of benzene rings is 2. The molecule has 3 aromatic heterocycles. The second kappa shape index (κ2) is 11.3. The highest BCUT2D eigenvalue weighted by Gasteiger charge is 2.34. The minimum Gasteiger partial charge on any atom is -0.494 e. The number of ether oxygens (including phenoxy) is 1. The van der Waals surface area contributed by atoms with Gasteiger partial charge in [0.15, 0.2) is 5.82 Å². The molecule has 1 unspecified atom stereocenters. The van der Waals surface area contributed by atoms with Gasteiger partial charge in [-0.3, -0.25) is 9.69 Å². The third kappa shape index (κ3) is 5.59. The quantitative estimate of drug-likeness (QED) is 0.287. The fraction of sp³-hybridized carbons (Fsp3) is 0.310. The van der Waals surface area contributed by atoms with Crippen LogP contribution in [0.5, 0.6) is 5.75 Å². The van der Waals surface area contributed by atoms with Crippen molar-refractivity contribution in [1.29, 1.82) is 0 Å². The molecule has 6 rings (SSSR count). The van der Waals surface area contributed by atoms with Crippen LogP contribution in [0.25, 0.3) is 10.9 Å². The van der Waals surface area contributed by atoms with E-state index in [0.29, 0.717) is 66.9 Å². The van der Waals surface area contributed by atoms with E-state index < -0.39 is 17.8 Å². The molecule has 0 radical (unpaired) electrons. The average molecular weight is 580 g/mol. The topological polar surface area (TPSA) is 105 Å². The summed E-state index contributed by atoms with van der Waals surface area (Å²) in [4.78, 5) is 20.5. The first-order valence-electron chi connectivity index (χ1n) is 13.5. The number of anilines is 1. The molecule has 13 heteroatoms. The van der Waals surface area contributed by atoms with E-state index in [9.17, 15) is 18.0 Å². The molecule has 2 aromatic carbocycles. The van der Waals surface area contributed by atoms with Crippen LogP contribution in [-0.2, 0) is 12.7 Å². The number of rotatable bonds is 8. The molecule has 218 valence electrons. The molecule has 1 aliphatic rings. The number of fused-ring (bicyclic) bond motifs is 1. The third-order valence-electron chi connectivity index (χ3n) is 7.36. The minimum absolute atomic E-state index is 0.260. The first-order valence-corrected chi connectivity index (χ1v) is 13.5. The molecule has 1 aliphatic heterocycles. The summed E-state index contributed by atoms with van der Waals surface area (Å²) < 4.78 is 52.8. The highest BCUT2D eigenvalue weighted by atomic mass is 19.4. The maximum absolute atomic E-state index is 13.5. The molecule has 1 fully saturated rings. The van der Waals surface area contributed by atoms with E-state index in [0.717, 1.165) is 11.5 Å². The molecule has 0 saturated carbocycles. The van der Waals surface area contributed by atoms with Crippen LogP contribution in [-0.4, -0.2) is 62.9 Å². The maximum atomic E-state index is 13.5. The van der Waals surface area contributed by atoms with Crippen LogP contribution in [0.4, 0.5) is 18.9 Å². The summed E-state index contributed by atoms with van der Waals surface area (Å²) in [6, 6.07) is 15.6. The SMILES string of the molecule is CCOc1ccc2[nH]c(=O)c(C(c3nnnn3Cc3ccco3)N3CCN(c4cccc(C(F)(F)F)c4)CC3)cc2c1. The smallest absolute Gasteiger partial charge is 0.416 e. The van der Waals surface area contributed by atoms with E-state index in [1.165, 1.54) is 12.1 Å². The van der Waals surface area contributed by atoms with Gasteiger partial charge in [0, 0.05) is 48.3 Å². The number of aromatic amines is 1. The lowest BCUT2D eigenvalue weighted by atomic mass is 10.0. The molecule has 0 spiro atoms. The van der Waals surface area contributed by atoms with Crippen molar-refractivity contribution >= 4 is 16.6 Å². The van der Waals surface area contributed by atoms with Crippen LogP contribution in [0.1, 0.15) is 35.7 Å². The molecule has 10 nitrogen and oxygen atoms in total. The zero-order valence-electron chi connectivity index (χ0n) is 22.7. The van der Waals surface area contributed by atoms with Gasteiger partial charge in [-0.2, -0.15) is 13.2 Å². The van der Waals surface area contributed by atoms with Crippen molar-refractivity contribution in [2.75, 3.05) is 37.7 Å². The van der Waals surface area contributed by atoms with Gasteiger partial charge in [0.2, 0.25) is 0 Å². The Labute approximate surface area is 238 Å². The number of pyridine rings is 1. The van der Waals surface area contributed by atoms with E-state index in [2.05, 4.69) is 25.4 Å². The summed E-state index contributed by atoms with van der Waals surface area (Å²) in [5, 5.41) is 13.2. The van der Waals surface area contributed by atoms with Crippen LogP contribution in [0.3, 0.4) is 0 Å². The summed E-state index contributed by atoms with van der Waals surface area (Å²) in [6.07, 6.45) is -2.86. The zero-order valence-corrected chi connectivity index (χ0v) is 22.7. The first-order chi connectivity index (χ1) is 20.3. The molecule has 1 N–H and O–H groups in total. The fourth-order valence-corrected chi connectivity index (χ4v) is 5.35. The van der Waals surface area contributed by atoms with Crippen molar-refractivity contribution in [1.82, 2.24) is 30.1 Å². The molecule has 0 aliphatic carbocycles. The molecule has 0 bridgehead atoms. The first kappa shape index (κ1) is 27.5. The number of hydrogen-bond donors (Lipinski definition) is 1. The van der Waals surface area contributed by atoms with E-state index in [1.54, 1.807) is 35.2 Å². The molecular weight excluding hydrogens is 551 g/mol. The summed E-state index contributed by atoms with van der Waals surface area (Å²) in [5.41, 5.74) is 0.626. The van der Waals surface area contributed by atoms with Crippen molar-refractivity contribution in [3.05, 3.63) is 100.0 Å². The third-order valence-corrected chi connectivity index (χ3v) is 7.36. The van der Waals surface area contributed by atoms with Crippen molar-refractivity contribution in [3.63, 3.8) is 0 Å². The number of hydrogen-bond acceptors (Lipinski definition) is 8. The van der Waals surface area contributed by atoms with Gasteiger partial charge in [-0.05, 0) is 71.9 Å². The largest absolute Gasteiger partial charge is 0.494 e. The summed E-state index contributed by atoms with van der Waals surface area (Å²) in [6.45, 7) is 4.44. The number of nitrogens with zero attached hydrogens (tertiary/aromatic N) is 6. The van der Waals surface area contributed by atoms with Crippen LogP contribution >= 0.6 is 0 Å². The number of aromatic nitrogens is 5. The van der Waals surface area contributed by atoms with Gasteiger partial charge in [0.05, 0.1) is 18.4 Å². The monoisotopic (exact) mass is 579 g/mol. The lowest BCUT2D eigenvalue weighted by Gasteiger charge is -2.39. The Morgan fingerprint density at radius 3 is 2.62 bits per heavy atom. The molecule has 1 atom stereocenters. The number of alkyl halides is 3. The number of H-pyrrole nitrogens is 1. The van der Waals surface area contributed by atoms with E-state index in [-0.39, 0.29) is 12.1 Å². The van der Waals surface area contributed by atoms with Gasteiger partial charge in [0.1, 0.15) is 24.1 Å². The second-order valence-corrected chi connectivity index (χ2v) is 9.98. The number of nitrogens with one attached hydrogen (secondary N) is 1. The van der Waals surface area contributed by atoms with Crippen LogP contribution in [0, 0.1) is 0 Å². The molecule has 0 amide bonds. The minimum atomic E-state index is -4.42.